The molecule has 1 aliphatic heterocycles. The van der Waals surface area contributed by atoms with Crippen LogP contribution in [-0.4, -0.2) is 40.7 Å². The van der Waals surface area contributed by atoms with Crippen molar-refractivity contribution >= 4 is 17.5 Å². The predicted octanol–water partition coefficient (Wildman–Crippen LogP) is 4.13. The van der Waals surface area contributed by atoms with Crippen LogP contribution in [0.5, 0.6) is 0 Å². The van der Waals surface area contributed by atoms with E-state index >= 15 is 0 Å². The molecule has 0 atom stereocenters. The Morgan fingerprint density at radius 3 is 2.50 bits per heavy atom. The van der Waals surface area contributed by atoms with Crippen LogP contribution in [0.2, 0.25) is 0 Å². The first-order valence-electron chi connectivity index (χ1n) is 9.82. The summed E-state index contributed by atoms with van der Waals surface area (Å²) >= 11 is 0. The molecule has 0 radical (unpaired) electrons. The molecule has 1 aliphatic carbocycles. The van der Waals surface area contributed by atoms with Crippen molar-refractivity contribution in [1.29, 1.82) is 0 Å². The van der Waals surface area contributed by atoms with Crippen molar-refractivity contribution in [2.45, 2.75) is 76.9 Å². The highest BCUT2D eigenvalue weighted by molar-refractivity contribution is 5.68. The highest BCUT2D eigenvalue weighted by Crippen LogP contribution is 2.32. The van der Waals surface area contributed by atoms with Gasteiger partial charge < -0.3 is 20.7 Å². The summed E-state index contributed by atoms with van der Waals surface area (Å²) in [6, 6.07) is 2.64. The number of carbonyl (C=O) groups excluding carboxylic acids is 1. The minimum Gasteiger partial charge on any atom is -0.444 e. The summed E-state index contributed by atoms with van der Waals surface area (Å²) < 4.78 is 5.47. The minimum atomic E-state index is -0.451. The van der Waals surface area contributed by atoms with Gasteiger partial charge in [-0.3, -0.25) is 4.98 Å². The van der Waals surface area contributed by atoms with Crippen LogP contribution in [0.25, 0.3) is 0 Å². The van der Waals surface area contributed by atoms with Crippen molar-refractivity contribution in [3.05, 3.63) is 18.0 Å². The van der Waals surface area contributed by atoms with Gasteiger partial charge in [-0.25, -0.2) is 4.79 Å². The lowest BCUT2D eigenvalue weighted by Crippen LogP contribution is -2.41. The van der Waals surface area contributed by atoms with Gasteiger partial charge in [0, 0.05) is 30.7 Å². The lowest BCUT2D eigenvalue weighted by atomic mass is 9.93. The number of likely N-dealkylation sites (tertiary alicyclic amines) is 1. The topological polar surface area (TPSA) is 80.5 Å². The molecule has 0 unspecified atom stereocenters. The number of amides is 1. The lowest BCUT2D eigenvalue weighted by Gasteiger charge is -2.33. The first-order chi connectivity index (χ1) is 12.3. The standard InChI is InChI=1S/C20H32N4O2/c1-20(2,3)26-19(25)24-10-8-14(9-11-24)17-12-18(16(21)13-22-17)23-15-6-4-5-7-15/h12-15H,4-11,21H2,1-3H3,(H,22,23). The summed E-state index contributed by atoms with van der Waals surface area (Å²) in [4.78, 5) is 18.6. The molecule has 0 spiro atoms. The summed E-state index contributed by atoms with van der Waals surface area (Å²) in [7, 11) is 0. The maximum Gasteiger partial charge on any atom is 0.410 e. The monoisotopic (exact) mass is 360 g/mol. The van der Waals surface area contributed by atoms with Crippen LogP contribution in [0.15, 0.2) is 12.3 Å². The Hall–Kier alpha value is -1.98. The molecule has 1 saturated carbocycles. The fourth-order valence-electron chi connectivity index (χ4n) is 3.80. The minimum absolute atomic E-state index is 0.218. The normalized spacial score (nSPS) is 19.6. The molecule has 26 heavy (non-hydrogen) atoms. The van der Waals surface area contributed by atoms with Crippen LogP contribution < -0.4 is 11.1 Å². The van der Waals surface area contributed by atoms with Gasteiger partial charge in [0.1, 0.15) is 5.60 Å². The van der Waals surface area contributed by atoms with Crippen molar-refractivity contribution in [3.63, 3.8) is 0 Å². The summed E-state index contributed by atoms with van der Waals surface area (Å²) in [5.74, 6) is 0.360. The number of pyridine rings is 1. The summed E-state index contributed by atoms with van der Waals surface area (Å²) in [5, 5.41) is 3.59. The second-order valence-electron chi connectivity index (χ2n) is 8.56. The van der Waals surface area contributed by atoms with Crippen molar-refractivity contribution in [2.24, 2.45) is 0 Å². The first kappa shape index (κ1) is 18.8. The molecule has 2 aliphatic rings. The third-order valence-corrected chi connectivity index (χ3v) is 5.24. The molecule has 6 heteroatoms. The first-order valence-corrected chi connectivity index (χ1v) is 9.82. The molecule has 3 rings (SSSR count). The number of piperidine rings is 1. The number of nitrogens with zero attached hydrogens (tertiary/aromatic N) is 2. The maximum atomic E-state index is 12.2. The number of nitrogens with one attached hydrogen (secondary N) is 1. The van der Waals surface area contributed by atoms with E-state index in [1.54, 1.807) is 11.1 Å². The third kappa shape index (κ3) is 4.80. The molecule has 2 heterocycles. The van der Waals surface area contributed by atoms with Crippen molar-refractivity contribution in [2.75, 3.05) is 24.1 Å². The summed E-state index contributed by atoms with van der Waals surface area (Å²) in [5.41, 5.74) is 8.47. The zero-order chi connectivity index (χ0) is 18.7. The number of aromatic nitrogens is 1. The molecule has 1 aromatic rings. The van der Waals surface area contributed by atoms with Crippen LogP contribution in [-0.2, 0) is 4.74 Å². The Balaban J connectivity index is 1.59. The molecule has 2 fully saturated rings. The number of rotatable bonds is 3. The Kier molecular flexibility index (Phi) is 5.58. The largest absolute Gasteiger partial charge is 0.444 e. The second-order valence-corrected chi connectivity index (χ2v) is 8.56. The van der Waals surface area contributed by atoms with E-state index in [4.69, 9.17) is 10.5 Å². The Labute approximate surface area is 156 Å². The van der Waals surface area contributed by atoms with Crippen LogP contribution in [0.3, 0.4) is 0 Å². The molecular weight excluding hydrogens is 328 g/mol. The number of nitrogen functional groups attached to an aromatic ring is 1. The highest BCUT2D eigenvalue weighted by Gasteiger charge is 2.28. The number of nitrogens with two attached hydrogens (primary N) is 1. The van der Waals surface area contributed by atoms with Gasteiger partial charge >= 0.3 is 6.09 Å². The zero-order valence-corrected chi connectivity index (χ0v) is 16.3. The Morgan fingerprint density at radius 1 is 1.23 bits per heavy atom. The van der Waals surface area contributed by atoms with Crippen molar-refractivity contribution < 1.29 is 9.53 Å². The average molecular weight is 361 g/mol. The second kappa shape index (κ2) is 7.72. The molecule has 1 amide bonds. The van der Waals surface area contributed by atoms with E-state index in [-0.39, 0.29) is 6.09 Å². The lowest BCUT2D eigenvalue weighted by molar-refractivity contribution is 0.0204. The van der Waals surface area contributed by atoms with Crippen LogP contribution in [0.4, 0.5) is 16.2 Å². The molecule has 3 N–H and O–H groups in total. The number of ether oxygens (including phenoxy) is 1. The fraction of sp³-hybridized carbons (Fsp3) is 0.700. The van der Waals surface area contributed by atoms with Gasteiger partial charge in [-0.05, 0) is 52.5 Å². The van der Waals surface area contributed by atoms with Gasteiger partial charge in [-0.2, -0.15) is 0 Å². The number of carbonyl (C=O) groups is 1. The molecule has 1 aromatic heterocycles. The molecule has 0 aromatic carbocycles. The SMILES string of the molecule is CC(C)(C)OC(=O)N1CCC(c2cc(NC3CCCC3)c(N)cn2)CC1. The summed E-state index contributed by atoms with van der Waals surface area (Å²) in [6.45, 7) is 7.10. The molecule has 0 bridgehead atoms. The maximum absolute atomic E-state index is 12.2. The highest BCUT2D eigenvalue weighted by atomic mass is 16.6. The smallest absolute Gasteiger partial charge is 0.410 e. The van der Waals surface area contributed by atoms with E-state index in [0.717, 1.165) is 24.2 Å². The van der Waals surface area contributed by atoms with Crippen LogP contribution in [0, 0.1) is 0 Å². The van der Waals surface area contributed by atoms with Gasteiger partial charge in [0.25, 0.3) is 0 Å². The Bertz CT molecular complexity index is 627. The van der Waals surface area contributed by atoms with E-state index in [1.807, 2.05) is 20.8 Å². The number of anilines is 2. The van der Waals surface area contributed by atoms with Crippen LogP contribution >= 0.6 is 0 Å². The third-order valence-electron chi connectivity index (χ3n) is 5.24. The van der Waals surface area contributed by atoms with E-state index in [0.29, 0.717) is 30.7 Å². The molecule has 1 saturated heterocycles. The van der Waals surface area contributed by atoms with Gasteiger partial charge in [0.15, 0.2) is 0 Å². The van der Waals surface area contributed by atoms with Crippen molar-refractivity contribution in [1.82, 2.24) is 9.88 Å². The van der Waals surface area contributed by atoms with Gasteiger partial charge in [0.05, 0.1) is 17.6 Å². The van der Waals surface area contributed by atoms with E-state index in [9.17, 15) is 4.79 Å². The number of hydrogen-bond acceptors (Lipinski definition) is 5. The summed E-state index contributed by atoms with van der Waals surface area (Å²) in [6.07, 6.45) is 8.36. The van der Waals surface area contributed by atoms with Crippen LogP contribution in [0.1, 0.15) is 70.9 Å². The van der Waals surface area contributed by atoms with Gasteiger partial charge in [-0.1, -0.05) is 12.8 Å². The molecular formula is C20H32N4O2. The van der Waals surface area contributed by atoms with E-state index in [2.05, 4.69) is 16.4 Å². The van der Waals surface area contributed by atoms with Gasteiger partial charge in [-0.15, -0.1) is 0 Å². The Morgan fingerprint density at radius 2 is 1.88 bits per heavy atom. The van der Waals surface area contributed by atoms with Gasteiger partial charge in [0.2, 0.25) is 0 Å². The predicted molar refractivity (Wildman–Crippen MR) is 104 cm³/mol. The fourth-order valence-corrected chi connectivity index (χ4v) is 3.80. The molecule has 6 nitrogen and oxygen atoms in total. The van der Waals surface area contributed by atoms with E-state index < -0.39 is 5.60 Å². The molecule has 144 valence electrons. The van der Waals surface area contributed by atoms with Crippen molar-refractivity contribution in [3.8, 4) is 0 Å². The average Bonchev–Trinajstić information content (AvgIpc) is 3.08. The zero-order valence-electron chi connectivity index (χ0n) is 16.3. The quantitative estimate of drug-likeness (QED) is 0.847. The van der Waals surface area contributed by atoms with E-state index in [1.165, 1.54) is 25.7 Å². The number of hydrogen-bond donors (Lipinski definition) is 2.